The van der Waals surface area contributed by atoms with Gasteiger partial charge in [0.15, 0.2) is 6.61 Å². The van der Waals surface area contributed by atoms with Crippen molar-refractivity contribution < 1.29 is 28.8 Å². The minimum absolute atomic E-state index is 0.0631. The normalized spacial score (nSPS) is 25.1. The largest absolute Gasteiger partial charge is 0.454 e. The Labute approximate surface area is 276 Å². The van der Waals surface area contributed by atoms with Gasteiger partial charge in [0.2, 0.25) is 17.6 Å². The topological polar surface area (TPSA) is 137 Å². The van der Waals surface area contributed by atoms with Crippen molar-refractivity contribution in [1.29, 1.82) is 0 Å². The van der Waals surface area contributed by atoms with Crippen LogP contribution in [0.3, 0.4) is 0 Å². The Morgan fingerprint density at radius 3 is 2.30 bits per heavy atom. The molecule has 4 aromatic rings. The number of ketones is 1. The number of nitro groups is 1. The lowest BCUT2D eigenvalue weighted by Gasteiger charge is -2.37. The summed E-state index contributed by atoms with van der Waals surface area (Å²) in [5.41, 5.74) is 2.57. The van der Waals surface area contributed by atoms with Crippen molar-refractivity contribution in [2.24, 2.45) is 35.5 Å². The maximum atomic E-state index is 13.6. The van der Waals surface area contributed by atoms with Crippen molar-refractivity contribution >= 4 is 61.8 Å². The molecule has 0 N–H and O–H groups in total. The van der Waals surface area contributed by atoms with E-state index in [9.17, 15) is 29.3 Å². The van der Waals surface area contributed by atoms with Crippen molar-refractivity contribution in [1.82, 2.24) is 4.98 Å². The van der Waals surface area contributed by atoms with Crippen LogP contribution in [0.1, 0.15) is 32.7 Å². The number of amides is 2. The number of fused-ring (bicyclic) bond motifs is 1. The molecular formula is C36H26BrN3O7. The zero-order valence-electron chi connectivity index (χ0n) is 25.0. The predicted octanol–water partition coefficient (Wildman–Crippen LogP) is 6.48. The number of anilines is 1. The van der Waals surface area contributed by atoms with Crippen LogP contribution in [0.4, 0.5) is 11.4 Å². The van der Waals surface area contributed by atoms with Crippen molar-refractivity contribution in [2.75, 3.05) is 11.5 Å². The predicted molar refractivity (Wildman–Crippen MR) is 175 cm³/mol. The fourth-order valence-corrected chi connectivity index (χ4v) is 8.14. The lowest BCUT2D eigenvalue weighted by molar-refractivity contribution is -0.385. The number of carbonyl (C=O) groups is 4. The number of rotatable bonds is 7. The number of pyridine rings is 1. The first kappa shape index (κ1) is 29.4. The van der Waals surface area contributed by atoms with E-state index in [1.807, 2.05) is 0 Å². The zero-order valence-corrected chi connectivity index (χ0v) is 26.5. The average Bonchev–Trinajstić information content (AvgIpc) is 3.85. The maximum Gasteiger partial charge on any atom is 0.339 e. The monoisotopic (exact) mass is 691 g/mol. The lowest BCUT2D eigenvalue weighted by atomic mass is 9.63. The van der Waals surface area contributed by atoms with E-state index in [0.29, 0.717) is 49.7 Å². The number of allylic oxidation sites excluding steroid dienone is 2. The smallest absolute Gasteiger partial charge is 0.339 e. The number of halogens is 1. The van der Waals surface area contributed by atoms with Crippen LogP contribution in [0.25, 0.3) is 22.2 Å². The summed E-state index contributed by atoms with van der Waals surface area (Å²) >= 11 is 3.43. The van der Waals surface area contributed by atoms with Gasteiger partial charge in [-0.3, -0.25) is 29.4 Å². The lowest BCUT2D eigenvalue weighted by Crippen LogP contribution is -2.40. The third-order valence-corrected chi connectivity index (χ3v) is 10.6. The molecule has 2 heterocycles. The first-order valence-corrected chi connectivity index (χ1v) is 16.1. The van der Waals surface area contributed by atoms with Gasteiger partial charge in [-0.05, 0) is 73.4 Å². The highest BCUT2D eigenvalue weighted by molar-refractivity contribution is 9.10. The van der Waals surface area contributed by atoms with Crippen LogP contribution in [0, 0.1) is 52.5 Å². The molecule has 11 heteroatoms. The van der Waals surface area contributed by atoms with Crippen LogP contribution >= 0.6 is 15.9 Å². The summed E-state index contributed by atoms with van der Waals surface area (Å²) in [6.07, 6.45) is 5.40. The summed E-state index contributed by atoms with van der Waals surface area (Å²) in [5.74, 6) is -0.862. The molecule has 3 aromatic carbocycles. The molecule has 1 aliphatic heterocycles. The van der Waals surface area contributed by atoms with E-state index in [1.165, 1.54) is 23.1 Å². The number of nitrogens with zero attached hydrogens (tertiary/aromatic N) is 3. The molecule has 47 heavy (non-hydrogen) atoms. The molecule has 4 aliphatic carbocycles. The highest BCUT2D eigenvalue weighted by Gasteiger charge is 2.67. The van der Waals surface area contributed by atoms with Crippen molar-refractivity contribution in [3.05, 3.63) is 110 Å². The second kappa shape index (κ2) is 10.8. The molecule has 2 amide bonds. The first-order chi connectivity index (χ1) is 22.6. The Bertz CT molecular complexity index is 2070. The molecule has 3 fully saturated rings. The summed E-state index contributed by atoms with van der Waals surface area (Å²) in [6.45, 7) is 0.962. The van der Waals surface area contributed by atoms with E-state index >= 15 is 0 Å². The Balaban J connectivity index is 1.06. The fourth-order valence-electron chi connectivity index (χ4n) is 7.78. The molecule has 0 radical (unpaired) electrons. The van der Waals surface area contributed by atoms with Crippen LogP contribution in [-0.2, 0) is 14.3 Å². The minimum Gasteiger partial charge on any atom is -0.454 e. The van der Waals surface area contributed by atoms with Crippen molar-refractivity contribution in [2.45, 2.75) is 13.3 Å². The van der Waals surface area contributed by atoms with E-state index in [-0.39, 0.29) is 52.3 Å². The molecule has 9 rings (SSSR count). The molecule has 2 saturated carbocycles. The van der Waals surface area contributed by atoms with Crippen LogP contribution in [0.15, 0.2) is 83.4 Å². The third-order valence-electron chi connectivity index (χ3n) is 10.1. The summed E-state index contributed by atoms with van der Waals surface area (Å²) in [5, 5.41) is 11.8. The van der Waals surface area contributed by atoms with E-state index in [4.69, 9.17) is 9.72 Å². The van der Waals surface area contributed by atoms with Gasteiger partial charge in [0, 0.05) is 32.6 Å². The highest BCUT2D eigenvalue weighted by Crippen LogP contribution is 2.65. The van der Waals surface area contributed by atoms with Gasteiger partial charge in [-0.15, -0.1) is 0 Å². The van der Waals surface area contributed by atoms with Crippen molar-refractivity contribution in [3.63, 3.8) is 0 Å². The molecule has 6 unspecified atom stereocenters. The number of ether oxygens (including phenoxy) is 1. The van der Waals surface area contributed by atoms with Crippen molar-refractivity contribution in [3.8, 4) is 11.3 Å². The number of benzene rings is 3. The van der Waals surface area contributed by atoms with E-state index in [0.717, 1.165) is 6.42 Å². The Morgan fingerprint density at radius 1 is 0.957 bits per heavy atom. The highest BCUT2D eigenvalue weighted by atomic mass is 79.9. The van der Waals surface area contributed by atoms with Gasteiger partial charge in [0.25, 0.3) is 5.69 Å². The summed E-state index contributed by atoms with van der Waals surface area (Å²) in [6, 6.07) is 17.9. The second-order valence-electron chi connectivity index (χ2n) is 12.7. The van der Waals surface area contributed by atoms with Crippen LogP contribution in [-0.4, -0.2) is 40.1 Å². The number of hydrogen-bond acceptors (Lipinski definition) is 8. The first-order valence-electron chi connectivity index (χ1n) is 15.3. The van der Waals surface area contributed by atoms with Gasteiger partial charge < -0.3 is 4.74 Å². The number of aryl methyl sites for hydroxylation is 1. The number of Topliss-reactive ketones (excluding diaryl/α,β-unsaturated/α-hetero) is 1. The summed E-state index contributed by atoms with van der Waals surface area (Å²) < 4.78 is 6.13. The minimum atomic E-state index is -0.763. The number of hydrogen-bond donors (Lipinski definition) is 0. The number of nitro benzene ring substituents is 1. The molecular weight excluding hydrogens is 666 g/mol. The SMILES string of the molecule is Cc1ccc(C(=O)COC(=O)c2cc(-c3ccc(N4C(=O)C5C6C=CC(C7CC67)C5C4=O)cc3)nc3ccc(Br)cc23)cc1[N+](=O)[O-]. The number of esters is 1. The van der Waals surface area contributed by atoms with Gasteiger partial charge in [0.05, 0.1) is 39.2 Å². The van der Waals surface area contributed by atoms with E-state index in [2.05, 4.69) is 28.1 Å². The number of aromatic nitrogens is 1. The van der Waals surface area contributed by atoms with Crippen LogP contribution in [0.2, 0.25) is 0 Å². The van der Waals surface area contributed by atoms with Crippen LogP contribution < -0.4 is 4.90 Å². The van der Waals surface area contributed by atoms with Gasteiger partial charge in [-0.2, -0.15) is 0 Å². The molecule has 2 bridgehead atoms. The fraction of sp³-hybridized carbons (Fsp3) is 0.250. The number of imide groups is 1. The molecule has 6 atom stereocenters. The van der Waals surface area contributed by atoms with Gasteiger partial charge in [0.1, 0.15) is 0 Å². The summed E-state index contributed by atoms with van der Waals surface area (Å²) in [4.78, 5) is 70.2. The quantitative estimate of drug-likeness (QED) is 0.0537. The van der Waals surface area contributed by atoms with Gasteiger partial charge in [-0.1, -0.05) is 52.3 Å². The van der Waals surface area contributed by atoms with Gasteiger partial charge >= 0.3 is 5.97 Å². The summed E-state index contributed by atoms with van der Waals surface area (Å²) in [7, 11) is 0. The molecule has 10 nitrogen and oxygen atoms in total. The standard InChI is InChI=1S/C36H26BrN3O7/c1-17-2-3-19(12-30(17)40(45)46)31(41)16-47-36(44)27-15-29(38-28-11-6-20(37)13-26(27)28)18-4-7-21(8-5-18)39-34(42)32-22-9-10-23(25-14-24(22)25)33(32)35(39)43/h2-13,15,22-25,32-33H,14,16H2,1H3. The van der Waals surface area contributed by atoms with Gasteiger partial charge in [-0.25, -0.2) is 9.78 Å². The Hall–Kier alpha value is -5.03. The van der Waals surface area contributed by atoms with Crippen LogP contribution in [0.5, 0.6) is 0 Å². The van der Waals surface area contributed by atoms with E-state index in [1.54, 1.807) is 55.5 Å². The number of carbonyl (C=O) groups excluding carboxylic acids is 4. The Morgan fingerprint density at radius 2 is 1.64 bits per heavy atom. The maximum absolute atomic E-state index is 13.6. The Kier molecular flexibility index (Phi) is 6.73. The third kappa shape index (κ3) is 4.71. The second-order valence-corrected chi connectivity index (χ2v) is 13.6. The molecule has 234 valence electrons. The molecule has 0 spiro atoms. The molecule has 1 saturated heterocycles. The average molecular weight is 693 g/mol. The molecule has 5 aliphatic rings. The molecule has 1 aromatic heterocycles. The zero-order chi connectivity index (χ0) is 32.7. The van der Waals surface area contributed by atoms with E-state index < -0.39 is 23.3 Å².